The van der Waals surface area contributed by atoms with Crippen LogP contribution in [-0.2, 0) is 22.6 Å². The molecular weight excluding hydrogens is 497 g/mol. The molecule has 198 valence electrons. The monoisotopic (exact) mass is 523 g/mol. The van der Waals surface area contributed by atoms with E-state index in [1.807, 2.05) is 0 Å². The number of piperidine rings is 1. The zero-order chi connectivity index (χ0) is 26.7. The fourth-order valence-electron chi connectivity index (χ4n) is 4.70. The average Bonchev–Trinajstić information content (AvgIpc) is 3.22. The molecule has 2 heterocycles. The Morgan fingerprint density at radius 3 is 2.49 bits per heavy atom. The zero-order valence-electron chi connectivity index (χ0n) is 20.1. The average molecular weight is 524 g/mol. The standard InChI is InChI=1S/C26H26F5N3O3/c1-17(35)34(31)15-18-6-7-23(27)21(14-18)19-8-10-32(11-9-19)25(36)22-16-33(12-13-37-26(28,29)30)24-5-3-2-4-20(22)24/h2-7,14,16,19H,8-13,15H2,1H3. The van der Waals surface area contributed by atoms with Gasteiger partial charge in [0.05, 0.1) is 18.7 Å². The molecule has 6 nitrogen and oxygen atoms in total. The van der Waals surface area contributed by atoms with E-state index < -0.39 is 24.7 Å². The van der Waals surface area contributed by atoms with Crippen molar-refractivity contribution < 1.29 is 36.4 Å². The molecule has 1 saturated heterocycles. The molecule has 0 aliphatic carbocycles. The highest BCUT2D eigenvalue weighted by atomic mass is 19.4. The Labute approximate surface area is 210 Å². The minimum Gasteiger partial charge on any atom is -0.344 e. The summed E-state index contributed by atoms with van der Waals surface area (Å²) < 4.78 is 70.9. The van der Waals surface area contributed by atoms with E-state index in [9.17, 15) is 31.6 Å². The van der Waals surface area contributed by atoms with E-state index in [1.54, 1.807) is 46.0 Å². The summed E-state index contributed by atoms with van der Waals surface area (Å²) in [7, 11) is 0. The van der Waals surface area contributed by atoms with E-state index in [0.29, 0.717) is 53.5 Å². The summed E-state index contributed by atoms with van der Waals surface area (Å²) in [6, 6.07) is 11.2. The summed E-state index contributed by atoms with van der Waals surface area (Å²) in [6.07, 6.45) is -2.23. The van der Waals surface area contributed by atoms with Gasteiger partial charge in [0.15, 0.2) is 0 Å². The Hall–Kier alpha value is -3.47. The number of hydrogen-bond donors (Lipinski definition) is 0. The summed E-state index contributed by atoms with van der Waals surface area (Å²) in [5.74, 6) is -1.61. The second-order valence-corrected chi connectivity index (χ2v) is 9.01. The first-order valence-corrected chi connectivity index (χ1v) is 11.8. The van der Waals surface area contributed by atoms with Crippen LogP contribution in [0.3, 0.4) is 0 Å². The van der Waals surface area contributed by atoms with Crippen molar-refractivity contribution in [3.63, 3.8) is 0 Å². The number of aromatic nitrogens is 1. The predicted molar refractivity (Wildman–Crippen MR) is 126 cm³/mol. The largest absolute Gasteiger partial charge is 0.522 e. The molecule has 0 bridgehead atoms. The van der Waals surface area contributed by atoms with Gasteiger partial charge < -0.3 is 9.47 Å². The second-order valence-electron chi connectivity index (χ2n) is 9.01. The third-order valence-corrected chi connectivity index (χ3v) is 6.56. The van der Waals surface area contributed by atoms with Crippen LogP contribution in [0.5, 0.6) is 0 Å². The van der Waals surface area contributed by atoms with Crippen molar-refractivity contribution in [3.8, 4) is 0 Å². The summed E-state index contributed by atoms with van der Waals surface area (Å²) in [6.45, 7) is 0.866. The normalized spacial score (nSPS) is 14.8. The molecule has 1 aliphatic rings. The van der Waals surface area contributed by atoms with E-state index in [2.05, 4.69) is 4.74 Å². The Morgan fingerprint density at radius 2 is 1.81 bits per heavy atom. The van der Waals surface area contributed by atoms with Gasteiger partial charge in [0, 0.05) is 43.7 Å². The van der Waals surface area contributed by atoms with Crippen LogP contribution in [0.4, 0.5) is 22.0 Å². The first-order valence-electron chi connectivity index (χ1n) is 11.8. The second kappa shape index (κ2) is 10.9. The van der Waals surface area contributed by atoms with E-state index in [0.717, 1.165) is 6.92 Å². The molecule has 0 unspecified atom stereocenters. The minimum absolute atomic E-state index is 0.0595. The number of likely N-dealkylation sites (tertiary alicyclic amines) is 1. The maximum absolute atomic E-state index is 14.6. The lowest BCUT2D eigenvalue weighted by molar-refractivity contribution is -0.325. The Balaban J connectivity index is 1.46. The van der Waals surface area contributed by atoms with Crippen molar-refractivity contribution >= 4 is 22.7 Å². The van der Waals surface area contributed by atoms with Gasteiger partial charge >= 0.3 is 6.36 Å². The smallest absolute Gasteiger partial charge is 0.344 e. The molecule has 1 aromatic heterocycles. The minimum atomic E-state index is -4.73. The topological polar surface area (TPSA) is 54.8 Å². The maximum atomic E-state index is 14.6. The first kappa shape index (κ1) is 26.6. The molecule has 1 aliphatic heterocycles. The van der Waals surface area contributed by atoms with Crippen LogP contribution >= 0.6 is 0 Å². The highest BCUT2D eigenvalue weighted by Crippen LogP contribution is 2.32. The van der Waals surface area contributed by atoms with Crippen molar-refractivity contribution in [1.29, 1.82) is 0 Å². The molecule has 1 fully saturated rings. The number of carbonyl (C=O) groups excluding carboxylic acids is 2. The van der Waals surface area contributed by atoms with Gasteiger partial charge in [-0.1, -0.05) is 34.8 Å². The van der Waals surface area contributed by atoms with Crippen molar-refractivity contribution in [1.82, 2.24) is 14.6 Å². The van der Waals surface area contributed by atoms with Crippen LogP contribution in [0, 0.1) is 5.82 Å². The Kier molecular flexibility index (Phi) is 7.82. The zero-order valence-corrected chi connectivity index (χ0v) is 20.1. The number of rotatable bonds is 7. The lowest BCUT2D eigenvalue weighted by Gasteiger charge is -2.32. The van der Waals surface area contributed by atoms with Crippen LogP contribution in [-0.4, -0.2) is 52.5 Å². The molecule has 0 N–H and O–H groups in total. The fraction of sp³-hybridized carbons (Fsp3) is 0.385. The number of ether oxygens (including phenoxy) is 1. The van der Waals surface area contributed by atoms with Crippen LogP contribution in [0.25, 0.3) is 10.9 Å². The van der Waals surface area contributed by atoms with E-state index in [1.165, 1.54) is 12.1 Å². The van der Waals surface area contributed by atoms with Crippen LogP contribution in [0.15, 0.2) is 48.7 Å². The summed E-state index contributed by atoms with van der Waals surface area (Å²) in [5.41, 5.74) is 1.89. The van der Waals surface area contributed by atoms with E-state index >= 15 is 0 Å². The third-order valence-electron chi connectivity index (χ3n) is 6.56. The molecule has 0 saturated carbocycles. The Bertz CT molecular complexity index is 1280. The fourth-order valence-corrected chi connectivity index (χ4v) is 4.70. The van der Waals surface area contributed by atoms with Gasteiger partial charge in [-0.2, -0.15) is 5.12 Å². The number of fused-ring (bicyclic) bond motifs is 1. The summed E-state index contributed by atoms with van der Waals surface area (Å²) in [4.78, 5) is 26.2. The lowest BCUT2D eigenvalue weighted by atomic mass is 9.88. The predicted octanol–water partition coefficient (Wildman–Crippen LogP) is 5.57. The van der Waals surface area contributed by atoms with E-state index in [-0.39, 0.29) is 30.0 Å². The van der Waals surface area contributed by atoms with Crippen molar-refractivity contribution in [2.75, 3.05) is 19.7 Å². The van der Waals surface area contributed by atoms with Crippen molar-refractivity contribution in [2.45, 2.75) is 45.1 Å². The number of halogens is 5. The van der Waals surface area contributed by atoms with Gasteiger partial charge in [-0.15, -0.1) is 13.2 Å². The number of hydrogen-bond acceptors (Lipinski definition) is 3. The molecule has 2 aromatic carbocycles. The van der Waals surface area contributed by atoms with Crippen LogP contribution in [0.2, 0.25) is 0 Å². The molecule has 2 amide bonds. The molecule has 11 heteroatoms. The van der Waals surface area contributed by atoms with Crippen molar-refractivity contribution in [2.24, 2.45) is 0 Å². The first-order chi connectivity index (χ1) is 17.5. The van der Waals surface area contributed by atoms with Gasteiger partial charge in [0.25, 0.3) is 5.91 Å². The number of para-hydroxylation sites is 1. The van der Waals surface area contributed by atoms with Gasteiger partial charge in [-0.3, -0.25) is 14.3 Å². The third kappa shape index (κ3) is 6.27. The summed E-state index contributed by atoms with van der Waals surface area (Å²) >= 11 is 0. The summed E-state index contributed by atoms with van der Waals surface area (Å²) in [5, 5.41) is 0.686. The molecule has 0 spiro atoms. The quantitative estimate of drug-likeness (QED) is 0.301. The molecule has 3 aromatic rings. The molecule has 37 heavy (non-hydrogen) atoms. The highest BCUT2D eigenvalue weighted by Gasteiger charge is 2.30. The highest BCUT2D eigenvalue weighted by molar-refractivity contribution is 6.07. The van der Waals surface area contributed by atoms with Crippen LogP contribution in [0.1, 0.15) is 47.2 Å². The van der Waals surface area contributed by atoms with E-state index in [4.69, 9.17) is 0 Å². The lowest BCUT2D eigenvalue weighted by Crippen LogP contribution is -2.38. The van der Waals surface area contributed by atoms with Gasteiger partial charge in [-0.05, 0) is 42.0 Å². The SMILES string of the molecule is CC(=O)N(F)Cc1ccc(F)c(C2CCN(C(=O)c3cn(CCOC(F)(F)F)c4ccccc34)CC2)c1. The number of benzene rings is 2. The molecular formula is C26H26F5N3O3. The van der Waals surface area contributed by atoms with Gasteiger partial charge in [0.1, 0.15) is 5.82 Å². The van der Waals surface area contributed by atoms with Crippen LogP contribution < -0.4 is 0 Å². The number of amides is 2. The van der Waals surface area contributed by atoms with Gasteiger partial charge in [-0.25, -0.2) is 4.39 Å². The molecule has 4 rings (SSSR count). The van der Waals surface area contributed by atoms with Crippen molar-refractivity contribution in [3.05, 3.63) is 71.2 Å². The number of carbonyl (C=O) groups is 2. The molecule has 0 radical (unpaired) electrons. The maximum Gasteiger partial charge on any atom is 0.522 e. The number of alkyl halides is 3. The molecule has 0 atom stereocenters. The Morgan fingerprint density at radius 1 is 1.11 bits per heavy atom. The van der Waals surface area contributed by atoms with Gasteiger partial charge in [0.2, 0.25) is 5.91 Å². The number of nitrogens with zero attached hydrogens (tertiary/aromatic N) is 3.